The van der Waals surface area contributed by atoms with Crippen LogP contribution in [0.25, 0.3) is 11.5 Å². The number of aryl methyl sites for hydroxylation is 1. The maximum absolute atomic E-state index is 13.0. The van der Waals surface area contributed by atoms with Crippen LogP contribution in [-0.2, 0) is 10.0 Å². The summed E-state index contributed by atoms with van der Waals surface area (Å²) in [5, 5.41) is 8.73. The molecular formula is C22H18ClN3O3S. The number of hydrogen-bond donors (Lipinski definition) is 1. The molecule has 1 unspecified atom stereocenters. The number of sulfonamides is 1. The molecule has 1 atom stereocenters. The molecule has 0 saturated carbocycles. The van der Waals surface area contributed by atoms with Crippen molar-refractivity contribution in [1.29, 1.82) is 0 Å². The highest BCUT2D eigenvalue weighted by atomic mass is 35.5. The van der Waals surface area contributed by atoms with Crippen molar-refractivity contribution in [2.75, 3.05) is 0 Å². The van der Waals surface area contributed by atoms with Gasteiger partial charge in [-0.3, -0.25) is 0 Å². The molecule has 4 rings (SSSR count). The third-order valence-electron chi connectivity index (χ3n) is 4.52. The van der Waals surface area contributed by atoms with E-state index in [2.05, 4.69) is 14.9 Å². The minimum absolute atomic E-state index is 0.131. The van der Waals surface area contributed by atoms with Crippen LogP contribution < -0.4 is 4.72 Å². The summed E-state index contributed by atoms with van der Waals surface area (Å²) in [4.78, 5) is 0.148. The Morgan fingerprint density at radius 2 is 1.57 bits per heavy atom. The van der Waals surface area contributed by atoms with Gasteiger partial charge in [0.2, 0.25) is 21.8 Å². The van der Waals surface area contributed by atoms with E-state index in [0.717, 1.165) is 11.1 Å². The number of rotatable bonds is 6. The molecule has 0 saturated heterocycles. The van der Waals surface area contributed by atoms with Crippen molar-refractivity contribution in [2.45, 2.75) is 17.9 Å². The molecule has 8 heteroatoms. The number of aromatic nitrogens is 2. The average molecular weight is 440 g/mol. The Morgan fingerprint density at radius 3 is 2.23 bits per heavy atom. The Balaban J connectivity index is 1.73. The molecule has 0 fully saturated rings. The lowest BCUT2D eigenvalue weighted by Gasteiger charge is -2.16. The Kier molecular flexibility index (Phi) is 5.67. The van der Waals surface area contributed by atoms with Crippen LogP contribution in [0, 0.1) is 6.92 Å². The van der Waals surface area contributed by atoms with Gasteiger partial charge in [-0.05, 0) is 48.9 Å². The van der Waals surface area contributed by atoms with Crippen LogP contribution >= 0.6 is 11.6 Å². The van der Waals surface area contributed by atoms with Crippen molar-refractivity contribution in [3.8, 4) is 11.5 Å². The van der Waals surface area contributed by atoms with E-state index in [1.165, 1.54) is 0 Å². The highest BCUT2D eigenvalue weighted by Gasteiger charge is 2.27. The number of nitrogens with one attached hydrogen (secondary N) is 1. The molecule has 152 valence electrons. The first-order valence-corrected chi connectivity index (χ1v) is 11.0. The summed E-state index contributed by atoms with van der Waals surface area (Å²) in [5.41, 5.74) is 2.33. The minimum atomic E-state index is -3.85. The molecule has 0 aliphatic carbocycles. The standard InChI is InChI=1S/C22H18ClN3O3S/c1-15-7-13-19(14-8-15)30(27,28)26-20(16-9-11-18(23)12-10-16)22-25-24-21(29-22)17-5-3-2-4-6-17/h2-14,20,26H,1H3. The van der Waals surface area contributed by atoms with Crippen molar-refractivity contribution in [1.82, 2.24) is 14.9 Å². The molecule has 6 nitrogen and oxygen atoms in total. The highest BCUT2D eigenvalue weighted by molar-refractivity contribution is 7.89. The second-order valence-corrected chi connectivity index (χ2v) is 8.88. The zero-order valence-corrected chi connectivity index (χ0v) is 17.6. The smallest absolute Gasteiger partial charge is 0.247 e. The van der Waals surface area contributed by atoms with E-state index in [-0.39, 0.29) is 10.8 Å². The molecule has 0 aliphatic heterocycles. The van der Waals surface area contributed by atoms with Gasteiger partial charge in [0.05, 0.1) is 4.90 Å². The average Bonchev–Trinajstić information content (AvgIpc) is 3.24. The number of halogens is 1. The fourth-order valence-corrected chi connectivity index (χ4v) is 4.21. The molecule has 0 amide bonds. The molecule has 0 spiro atoms. The summed E-state index contributed by atoms with van der Waals surface area (Å²) < 4.78 is 34.5. The molecule has 1 heterocycles. The van der Waals surface area contributed by atoms with Crippen molar-refractivity contribution in [2.24, 2.45) is 0 Å². The van der Waals surface area contributed by atoms with Crippen molar-refractivity contribution in [3.05, 3.63) is 101 Å². The third-order valence-corrected chi connectivity index (χ3v) is 6.21. The minimum Gasteiger partial charge on any atom is -0.419 e. The summed E-state index contributed by atoms with van der Waals surface area (Å²) in [7, 11) is -3.85. The predicted octanol–water partition coefficient (Wildman–Crippen LogP) is 4.77. The maximum Gasteiger partial charge on any atom is 0.247 e. The Hall–Kier alpha value is -3.00. The van der Waals surface area contributed by atoms with Gasteiger partial charge in [0.25, 0.3) is 0 Å². The maximum atomic E-state index is 13.0. The van der Waals surface area contributed by atoms with E-state index in [4.69, 9.17) is 16.0 Å². The molecule has 0 radical (unpaired) electrons. The van der Waals surface area contributed by atoms with Crippen LogP contribution in [0.15, 0.2) is 88.2 Å². The molecule has 1 aromatic heterocycles. The van der Waals surface area contributed by atoms with Gasteiger partial charge in [-0.2, -0.15) is 4.72 Å². The van der Waals surface area contributed by atoms with Gasteiger partial charge >= 0.3 is 0 Å². The number of nitrogens with zero attached hydrogens (tertiary/aromatic N) is 2. The summed E-state index contributed by atoms with van der Waals surface area (Å²) >= 11 is 6.00. The summed E-state index contributed by atoms with van der Waals surface area (Å²) in [6.45, 7) is 1.89. The predicted molar refractivity (Wildman–Crippen MR) is 115 cm³/mol. The first-order valence-electron chi connectivity index (χ1n) is 9.16. The Labute approximate surface area is 179 Å². The van der Waals surface area contributed by atoms with Gasteiger partial charge in [-0.25, -0.2) is 8.42 Å². The van der Waals surface area contributed by atoms with E-state index in [9.17, 15) is 8.42 Å². The van der Waals surface area contributed by atoms with Crippen molar-refractivity contribution >= 4 is 21.6 Å². The van der Waals surface area contributed by atoms with Gasteiger partial charge in [0.1, 0.15) is 6.04 Å². The van der Waals surface area contributed by atoms with Gasteiger partial charge in [-0.15, -0.1) is 10.2 Å². The molecule has 0 aliphatic rings. The third kappa shape index (κ3) is 4.43. The van der Waals surface area contributed by atoms with Crippen LogP contribution in [0.3, 0.4) is 0 Å². The molecule has 4 aromatic rings. The van der Waals surface area contributed by atoms with Gasteiger partial charge in [-0.1, -0.05) is 59.6 Å². The van der Waals surface area contributed by atoms with Gasteiger partial charge in [0.15, 0.2) is 0 Å². The quantitative estimate of drug-likeness (QED) is 0.468. The second kappa shape index (κ2) is 8.39. The van der Waals surface area contributed by atoms with Crippen LogP contribution in [0.2, 0.25) is 5.02 Å². The zero-order valence-electron chi connectivity index (χ0n) is 16.0. The first kappa shape index (κ1) is 20.3. The van der Waals surface area contributed by atoms with E-state index in [1.807, 2.05) is 37.3 Å². The lowest BCUT2D eigenvalue weighted by atomic mass is 10.1. The monoisotopic (exact) mass is 439 g/mol. The largest absolute Gasteiger partial charge is 0.419 e. The van der Waals surface area contributed by atoms with Crippen molar-refractivity contribution in [3.63, 3.8) is 0 Å². The molecule has 0 bridgehead atoms. The summed E-state index contributed by atoms with van der Waals surface area (Å²) in [6.07, 6.45) is 0. The van der Waals surface area contributed by atoms with E-state index >= 15 is 0 Å². The first-order chi connectivity index (χ1) is 14.4. The zero-order chi connectivity index (χ0) is 21.1. The lowest BCUT2D eigenvalue weighted by molar-refractivity contribution is 0.464. The molecular weight excluding hydrogens is 422 g/mol. The van der Waals surface area contributed by atoms with Gasteiger partial charge in [0, 0.05) is 10.6 Å². The number of benzene rings is 3. The molecule has 1 N–H and O–H groups in total. The SMILES string of the molecule is Cc1ccc(S(=O)(=O)NC(c2ccc(Cl)cc2)c2nnc(-c3ccccc3)o2)cc1. The van der Waals surface area contributed by atoms with Crippen LogP contribution in [0.4, 0.5) is 0 Å². The second-order valence-electron chi connectivity index (χ2n) is 6.73. The fraction of sp³-hybridized carbons (Fsp3) is 0.0909. The van der Waals surface area contributed by atoms with E-state index < -0.39 is 16.1 Å². The lowest BCUT2D eigenvalue weighted by Crippen LogP contribution is -2.29. The Bertz CT molecular complexity index is 1240. The Morgan fingerprint density at radius 1 is 0.900 bits per heavy atom. The van der Waals surface area contributed by atoms with E-state index in [1.54, 1.807) is 48.5 Å². The van der Waals surface area contributed by atoms with Crippen molar-refractivity contribution < 1.29 is 12.8 Å². The van der Waals surface area contributed by atoms with Crippen LogP contribution in [-0.4, -0.2) is 18.6 Å². The topological polar surface area (TPSA) is 85.1 Å². The molecule has 3 aromatic carbocycles. The van der Waals surface area contributed by atoms with Crippen LogP contribution in [0.5, 0.6) is 0 Å². The van der Waals surface area contributed by atoms with Crippen LogP contribution in [0.1, 0.15) is 23.1 Å². The highest BCUT2D eigenvalue weighted by Crippen LogP contribution is 2.27. The normalized spacial score (nSPS) is 12.6. The number of hydrogen-bond acceptors (Lipinski definition) is 5. The fourth-order valence-electron chi connectivity index (χ4n) is 2.91. The summed E-state index contributed by atoms with van der Waals surface area (Å²) in [5.74, 6) is 0.436. The summed E-state index contributed by atoms with van der Waals surface area (Å²) in [6, 6.07) is 21.8. The van der Waals surface area contributed by atoms with E-state index in [0.29, 0.717) is 16.5 Å². The molecule has 30 heavy (non-hydrogen) atoms. The van der Waals surface area contributed by atoms with Gasteiger partial charge < -0.3 is 4.42 Å².